The van der Waals surface area contributed by atoms with Crippen LogP contribution in [0.15, 0.2) is 0 Å². The maximum absolute atomic E-state index is 11.7. The Balaban J connectivity index is 1.64. The number of carbonyl (C=O) groups excluding carboxylic acids is 2. The van der Waals surface area contributed by atoms with Gasteiger partial charge in [-0.1, -0.05) is 0 Å². The maximum atomic E-state index is 11.7. The lowest BCUT2D eigenvalue weighted by Gasteiger charge is -2.26. The van der Waals surface area contributed by atoms with Gasteiger partial charge in [0, 0.05) is 0 Å². The third-order valence-electron chi connectivity index (χ3n) is 4.17. The standard InChI is InChI=1S/C15H24O6/c16-10-1-5-12(6-2-10)20-14(18)9-15(19)21-13-7-3-11(17)4-8-13/h10-13,16-17H,1-9H2. The summed E-state index contributed by atoms with van der Waals surface area (Å²) in [6.45, 7) is 0. The van der Waals surface area contributed by atoms with Crippen LogP contribution in [0.3, 0.4) is 0 Å². The Kier molecular flexibility index (Phi) is 5.99. The number of ether oxygens (including phenoxy) is 2. The molecule has 2 fully saturated rings. The Morgan fingerprint density at radius 1 is 0.714 bits per heavy atom. The van der Waals surface area contributed by atoms with Crippen molar-refractivity contribution in [3.05, 3.63) is 0 Å². The van der Waals surface area contributed by atoms with E-state index >= 15 is 0 Å². The summed E-state index contributed by atoms with van der Waals surface area (Å²) in [5.74, 6) is -1.12. The first-order valence-electron chi connectivity index (χ1n) is 7.78. The highest BCUT2D eigenvalue weighted by Crippen LogP contribution is 2.23. The molecule has 0 spiro atoms. The molecule has 0 atom stereocenters. The predicted molar refractivity (Wildman–Crippen MR) is 73.3 cm³/mol. The molecular weight excluding hydrogens is 276 g/mol. The average Bonchev–Trinajstić information content (AvgIpc) is 2.44. The zero-order valence-corrected chi connectivity index (χ0v) is 12.2. The fraction of sp³-hybridized carbons (Fsp3) is 0.867. The van der Waals surface area contributed by atoms with Gasteiger partial charge in [0.05, 0.1) is 12.2 Å². The van der Waals surface area contributed by atoms with Crippen LogP contribution in [-0.4, -0.2) is 46.6 Å². The number of aliphatic hydroxyl groups is 2. The molecule has 0 heterocycles. The third kappa shape index (κ3) is 5.63. The molecular formula is C15H24O6. The summed E-state index contributed by atoms with van der Waals surface area (Å²) in [4.78, 5) is 23.3. The Morgan fingerprint density at radius 2 is 1.05 bits per heavy atom. The molecule has 0 unspecified atom stereocenters. The number of hydrogen-bond acceptors (Lipinski definition) is 6. The van der Waals surface area contributed by atoms with Crippen LogP contribution in [-0.2, 0) is 19.1 Å². The average molecular weight is 300 g/mol. The van der Waals surface area contributed by atoms with Gasteiger partial charge in [-0.15, -0.1) is 0 Å². The largest absolute Gasteiger partial charge is 0.462 e. The quantitative estimate of drug-likeness (QED) is 0.596. The minimum Gasteiger partial charge on any atom is -0.462 e. The summed E-state index contributed by atoms with van der Waals surface area (Å²) in [6, 6.07) is 0. The van der Waals surface area contributed by atoms with Gasteiger partial charge < -0.3 is 19.7 Å². The lowest BCUT2D eigenvalue weighted by atomic mass is 9.95. The summed E-state index contributed by atoms with van der Waals surface area (Å²) < 4.78 is 10.5. The molecule has 0 saturated heterocycles. The second-order valence-electron chi connectivity index (χ2n) is 6.02. The number of rotatable bonds is 4. The summed E-state index contributed by atoms with van der Waals surface area (Å²) >= 11 is 0. The fourth-order valence-corrected chi connectivity index (χ4v) is 2.90. The van der Waals surface area contributed by atoms with Crippen LogP contribution in [0.2, 0.25) is 0 Å². The molecule has 2 saturated carbocycles. The van der Waals surface area contributed by atoms with E-state index in [9.17, 15) is 19.8 Å². The van der Waals surface area contributed by atoms with Crippen LogP contribution < -0.4 is 0 Å². The van der Waals surface area contributed by atoms with Crippen LogP contribution >= 0.6 is 0 Å². The third-order valence-corrected chi connectivity index (χ3v) is 4.17. The Bertz CT molecular complexity index is 319. The van der Waals surface area contributed by atoms with Crippen molar-refractivity contribution in [2.45, 2.75) is 82.2 Å². The van der Waals surface area contributed by atoms with Crippen molar-refractivity contribution < 1.29 is 29.3 Å². The molecule has 6 nitrogen and oxygen atoms in total. The Morgan fingerprint density at radius 3 is 1.38 bits per heavy atom. The number of aliphatic hydroxyl groups excluding tert-OH is 2. The van der Waals surface area contributed by atoms with Gasteiger partial charge in [-0.2, -0.15) is 0 Å². The molecule has 2 aliphatic carbocycles. The molecule has 120 valence electrons. The molecule has 21 heavy (non-hydrogen) atoms. The van der Waals surface area contributed by atoms with Crippen molar-refractivity contribution in [1.82, 2.24) is 0 Å². The number of esters is 2. The zero-order valence-electron chi connectivity index (χ0n) is 12.2. The molecule has 0 bridgehead atoms. The molecule has 0 radical (unpaired) electrons. The van der Waals surface area contributed by atoms with Crippen LogP contribution in [0.25, 0.3) is 0 Å². The first-order chi connectivity index (χ1) is 10.0. The van der Waals surface area contributed by atoms with E-state index in [1.54, 1.807) is 0 Å². The molecule has 0 amide bonds. The van der Waals surface area contributed by atoms with Gasteiger partial charge in [0.25, 0.3) is 0 Å². The zero-order chi connectivity index (χ0) is 15.2. The fourth-order valence-electron chi connectivity index (χ4n) is 2.90. The van der Waals surface area contributed by atoms with E-state index in [2.05, 4.69) is 0 Å². The van der Waals surface area contributed by atoms with Gasteiger partial charge in [-0.05, 0) is 51.4 Å². The molecule has 0 aromatic carbocycles. The summed E-state index contributed by atoms with van der Waals surface area (Å²) in [5.41, 5.74) is 0. The number of carbonyl (C=O) groups is 2. The second kappa shape index (κ2) is 7.75. The van der Waals surface area contributed by atoms with Gasteiger partial charge >= 0.3 is 11.9 Å². The smallest absolute Gasteiger partial charge is 0.317 e. The lowest BCUT2D eigenvalue weighted by Crippen LogP contribution is -2.30. The first-order valence-corrected chi connectivity index (χ1v) is 7.78. The molecule has 0 aromatic rings. The normalized spacial score (nSPS) is 33.2. The minimum absolute atomic E-state index is 0.196. The van der Waals surface area contributed by atoms with Crippen molar-refractivity contribution in [2.75, 3.05) is 0 Å². The predicted octanol–water partition coefficient (Wildman–Crippen LogP) is 1.07. The van der Waals surface area contributed by atoms with Gasteiger partial charge in [0.2, 0.25) is 0 Å². The summed E-state index contributed by atoms with van der Waals surface area (Å²) in [7, 11) is 0. The van der Waals surface area contributed by atoms with E-state index in [0.717, 1.165) is 0 Å². The highest BCUT2D eigenvalue weighted by Gasteiger charge is 2.26. The molecule has 2 aliphatic rings. The van der Waals surface area contributed by atoms with Gasteiger partial charge in [0.1, 0.15) is 18.6 Å². The highest BCUT2D eigenvalue weighted by atomic mass is 16.6. The monoisotopic (exact) mass is 300 g/mol. The minimum atomic E-state index is -0.558. The van der Waals surface area contributed by atoms with Crippen LogP contribution in [0.5, 0.6) is 0 Å². The molecule has 0 aliphatic heterocycles. The van der Waals surface area contributed by atoms with Crippen molar-refractivity contribution in [1.29, 1.82) is 0 Å². The van der Waals surface area contributed by atoms with Crippen molar-refractivity contribution in [2.24, 2.45) is 0 Å². The van der Waals surface area contributed by atoms with Crippen LogP contribution in [0.4, 0.5) is 0 Å². The van der Waals surface area contributed by atoms with E-state index in [1.807, 2.05) is 0 Å². The van der Waals surface area contributed by atoms with Gasteiger partial charge in [-0.3, -0.25) is 9.59 Å². The van der Waals surface area contributed by atoms with Gasteiger partial charge in [-0.25, -0.2) is 0 Å². The van der Waals surface area contributed by atoms with Crippen LogP contribution in [0, 0.1) is 0 Å². The summed E-state index contributed by atoms with van der Waals surface area (Å²) in [6.07, 6.45) is 3.74. The maximum Gasteiger partial charge on any atom is 0.317 e. The molecule has 6 heteroatoms. The number of hydrogen-bond donors (Lipinski definition) is 2. The SMILES string of the molecule is O=C(CC(=O)OC1CCC(O)CC1)OC1CCC(O)CC1. The van der Waals surface area contributed by atoms with E-state index in [-0.39, 0.29) is 30.8 Å². The van der Waals surface area contributed by atoms with Crippen LogP contribution in [0.1, 0.15) is 57.8 Å². The second-order valence-corrected chi connectivity index (χ2v) is 6.02. The van der Waals surface area contributed by atoms with Crippen molar-refractivity contribution in [3.8, 4) is 0 Å². The molecule has 2 N–H and O–H groups in total. The first kappa shape index (κ1) is 16.2. The highest BCUT2D eigenvalue weighted by molar-refractivity contribution is 5.91. The van der Waals surface area contributed by atoms with E-state index < -0.39 is 11.9 Å². The summed E-state index contributed by atoms with van der Waals surface area (Å²) in [5, 5.41) is 18.8. The molecule has 0 aromatic heterocycles. The van der Waals surface area contributed by atoms with Crippen molar-refractivity contribution in [3.63, 3.8) is 0 Å². The van der Waals surface area contributed by atoms with E-state index in [4.69, 9.17) is 9.47 Å². The Labute approximate surface area is 124 Å². The lowest BCUT2D eigenvalue weighted by molar-refractivity contribution is -0.163. The van der Waals surface area contributed by atoms with Gasteiger partial charge in [0.15, 0.2) is 0 Å². The van der Waals surface area contributed by atoms with E-state index in [1.165, 1.54) is 0 Å². The Hall–Kier alpha value is -1.14. The topological polar surface area (TPSA) is 93.1 Å². The molecule has 2 rings (SSSR count). The van der Waals surface area contributed by atoms with E-state index in [0.29, 0.717) is 51.4 Å². The van der Waals surface area contributed by atoms with Crippen molar-refractivity contribution >= 4 is 11.9 Å².